The number of carbonyl (C=O) groups is 4. The molecule has 3 amide bonds. The molecule has 0 saturated carbocycles. The summed E-state index contributed by atoms with van der Waals surface area (Å²) in [6.45, 7) is 17.5. The van der Waals surface area contributed by atoms with Gasteiger partial charge in [-0.05, 0) is 83.2 Å². The van der Waals surface area contributed by atoms with Gasteiger partial charge < -0.3 is 19.9 Å². The smallest absolute Gasteiger partial charge is 0.329 e. The first-order valence-corrected chi connectivity index (χ1v) is 20.9. The number of carbonyl (C=O) groups excluding carboxylic acids is 4. The van der Waals surface area contributed by atoms with Gasteiger partial charge in [0.25, 0.3) is 0 Å². The molecule has 2 fully saturated rings. The molecule has 0 aromatic heterocycles. The van der Waals surface area contributed by atoms with Gasteiger partial charge in [0.15, 0.2) is 0 Å². The first-order chi connectivity index (χ1) is 25.3. The van der Waals surface area contributed by atoms with Gasteiger partial charge in [0.05, 0.1) is 12.1 Å². The Morgan fingerprint density at radius 1 is 0.849 bits per heavy atom. The lowest BCUT2D eigenvalue weighted by Gasteiger charge is -2.39. The van der Waals surface area contributed by atoms with Crippen LogP contribution in [-0.4, -0.2) is 88.7 Å². The van der Waals surface area contributed by atoms with E-state index in [-0.39, 0.29) is 59.8 Å². The summed E-state index contributed by atoms with van der Waals surface area (Å²) in [7, 11) is 1.76. The molecule has 298 valence electrons. The first kappa shape index (κ1) is 44.2. The minimum atomic E-state index is -0.689. The maximum Gasteiger partial charge on any atom is 0.329 e. The second-order valence-corrected chi connectivity index (χ2v) is 16.5. The molecule has 2 heterocycles. The van der Waals surface area contributed by atoms with Gasteiger partial charge >= 0.3 is 5.97 Å². The van der Waals surface area contributed by atoms with Crippen LogP contribution in [0.25, 0.3) is 0 Å². The zero-order chi connectivity index (χ0) is 39.1. The van der Waals surface area contributed by atoms with Crippen LogP contribution in [0, 0.1) is 11.8 Å². The van der Waals surface area contributed by atoms with Gasteiger partial charge in [-0.2, -0.15) is 0 Å². The van der Waals surface area contributed by atoms with Gasteiger partial charge in [-0.1, -0.05) is 116 Å². The summed E-state index contributed by atoms with van der Waals surface area (Å²) < 4.78 is 6.22. The largest absolute Gasteiger partial charge is 0.456 e. The average Bonchev–Trinajstić information content (AvgIpc) is 3.64. The lowest BCUT2D eigenvalue weighted by atomic mass is 9.95. The Labute approximate surface area is 321 Å². The molecule has 2 aliphatic rings. The fourth-order valence-electron chi connectivity index (χ4n) is 8.01. The number of benzene rings is 1. The minimum Gasteiger partial charge on any atom is -0.456 e. The molecule has 53 heavy (non-hydrogen) atoms. The van der Waals surface area contributed by atoms with Gasteiger partial charge in [0.1, 0.15) is 18.2 Å². The Hall–Kier alpha value is -3.20. The highest BCUT2D eigenvalue weighted by Gasteiger charge is 2.39. The molecule has 0 spiro atoms. The van der Waals surface area contributed by atoms with Gasteiger partial charge in [0.2, 0.25) is 17.7 Å². The first-order valence-electron chi connectivity index (χ1n) is 20.9. The summed E-state index contributed by atoms with van der Waals surface area (Å²) in [6.07, 6.45) is 14.7. The van der Waals surface area contributed by atoms with E-state index in [0.717, 1.165) is 57.1 Å². The Kier molecular flexibility index (Phi) is 18.5. The molecular formula is C44H72N4O5. The monoisotopic (exact) mass is 737 g/mol. The molecule has 9 heteroatoms. The number of ether oxygens (including phenoxy) is 1. The molecule has 1 aromatic rings. The van der Waals surface area contributed by atoms with Crippen molar-refractivity contribution >= 4 is 23.7 Å². The van der Waals surface area contributed by atoms with Crippen molar-refractivity contribution < 1.29 is 23.9 Å². The van der Waals surface area contributed by atoms with E-state index in [0.29, 0.717) is 18.5 Å². The van der Waals surface area contributed by atoms with Crippen molar-refractivity contribution in [3.63, 3.8) is 0 Å². The van der Waals surface area contributed by atoms with E-state index in [4.69, 9.17) is 4.74 Å². The molecule has 1 aromatic carbocycles. The summed E-state index contributed by atoms with van der Waals surface area (Å²) in [5, 5.41) is 3.12. The van der Waals surface area contributed by atoms with Crippen LogP contribution in [0.4, 0.5) is 0 Å². The van der Waals surface area contributed by atoms with E-state index in [1.165, 1.54) is 32.1 Å². The van der Waals surface area contributed by atoms with Crippen LogP contribution in [0.1, 0.15) is 151 Å². The number of piperidine rings is 1. The molecule has 2 saturated heterocycles. The maximum absolute atomic E-state index is 14.1. The number of nitrogens with zero attached hydrogens (tertiary/aromatic N) is 3. The fourth-order valence-corrected chi connectivity index (χ4v) is 8.01. The van der Waals surface area contributed by atoms with Crippen molar-refractivity contribution in [1.82, 2.24) is 20.0 Å². The zero-order valence-electron chi connectivity index (χ0n) is 34.6. The Morgan fingerprint density at radius 2 is 1.49 bits per heavy atom. The number of likely N-dealkylation sites (tertiary alicyclic amines) is 2. The predicted octanol–water partition coefficient (Wildman–Crippen LogP) is 8.24. The summed E-state index contributed by atoms with van der Waals surface area (Å²) >= 11 is 0. The molecule has 9 nitrogen and oxygen atoms in total. The van der Waals surface area contributed by atoms with Gasteiger partial charge in [-0.15, -0.1) is 0 Å². The number of nitrogens with one attached hydrogen (secondary N) is 1. The summed E-state index contributed by atoms with van der Waals surface area (Å²) in [6, 6.07) is 8.22. The average molecular weight is 737 g/mol. The fraction of sp³-hybridized carbons (Fsp3) is 0.727. The topological polar surface area (TPSA) is 99.3 Å². The highest BCUT2D eigenvalue weighted by Crippen LogP contribution is 2.29. The molecule has 3 rings (SSSR count). The number of hydrogen-bond acceptors (Lipinski definition) is 6. The lowest BCUT2D eigenvalue weighted by Crippen LogP contribution is -2.58. The maximum atomic E-state index is 14.1. The van der Waals surface area contributed by atoms with Crippen LogP contribution in [0.5, 0.6) is 0 Å². The van der Waals surface area contributed by atoms with Gasteiger partial charge in [-0.3, -0.25) is 19.3 Å². The highest BCUT2D eigenvalue weighted by molar-refractivity contribution is 5.96. The number of amides is 3. The molecule has 2 unspecified atom stereocenters. The number of rotatable bonds is 20. The van der Waals surface area contributed by atoms with Crippen LogP contribution in [-0.2, 0) is 23.9 Å². The van der Waals surface area contributed by atoms with Crippen molar-refractivity contribution in [3.8, 4) is 0 Å². The van der Waals surface area contributed by atoms with E-state index >= 15 is 0 Å². The molecule has 5 atom stereocenters. The van der Waals surface area contributed by atoms with Crippen LogP contribution in [0.2, 0.25) is 0 Å². The van der Waals surface area contributed by atoms with E-state index in [1.54, 1.807) is 23.8 Å². The van der Waals surface area contributed by atoms with Crippen molar-refractivity contribution in [1.29, 1.82) is 0 Å². The Balaban J connectivity index is 1.70. The highest BCUT2D eigenvalue weighted by atomic mass is 16.5. The molecule has 2 aliphatic heterocycles. The van der Waals surface area contributed by atoms with Gasteiger partial charge in [0, 0.05) is 25.2 Å². The number of unbranched alkanes of at least 4 members (excludes halogenated alkanes) is 6. The molecule has 0 radical (unpaired) electrons. The molecule has 0 bridgehead atoms. The summed E-state index contributed by atoms with van der Waals surface area (Å²) in [5.41, 5.74) is 1.48. The summed E-state index contributed by atoms with van der Waals surface area (Å²) in [4.78, 5) is 61.1. The Morgan fingerprint density at radius 3 is 2.11 bits per heavy atom. The second kappa shape index (κ2) is 22.2. The molecular weight excluding hydrogens is 665 g/mol. The molecule has 1 N–H and O–H groups in total. The second-order valence-electron chi connectivity index (χ2n) is 16.5. The van der Waals surface area contributed by atoms with Crippen LogP contribution in [0.3, 0.4) is 0 Å². The SMILES string of the molecule is CCCCCCCCCC(OC(=O)[C@@H]1CCCN1C(=O)/C(C)=C/[C@H](C(C)C)N(C)C(=O)[C@@H](NC(=O)C1CCCCN1C(C)C)C(C)C)c1ccccc1. The van der Waals surface area contributed by atoms with Crippen LogP contribution < -0.4 is 5.32 Å². The number of likely N-dealkylation sites (N-methyl/N-ethyl adjacent to an activating group) is 1. The lowest BCUT2D eigenvalue weighted by molar-refractivity contribution is -0.158. The van der Waals surface area contributed by atoms with Crippen LogP contribution >= 0.6 is 0 Å². The van der Waals surface area contributed by atoms with Crippen molar-refractivity contribution in [3.05, 3.63) is 47.5 Å². The standard InChI is InChI=1S/C44H72N4O5/c1-10-11-12-13-14-15-19-27-39(35-23-17-16-18-24-35)53-44(52)37-26-22-29-48(37)42(50)34(8)30-38(31(2)3)46(9)43(51)40(32(4)5)45-41(49)36-25-20-21-28-47(36)33(6)7/h16-18,23-24,30-33,36-40H,10-15,19-22,25-29H2,1-9H3,(H,45,49)/b34-30+/t36?,37-,38+,39?,40-/m0/s1. The zero-order valence-corrected chi connectivity index (χ0v) is 34.6. The summed E-state index contributed by atoms with van der Waals surface area (Å²) in [5.74, 6) is -0.942. The van der Waals surface area contributed by atoms with E-state index < -0.39 is 12.1 Å². The third-order valence-electron chi connectivity index (χ3n) is 11.3. The van der Waals surface area contributed by atoms with E-state index in [1.807, 2.05) is 64.1 Å². The van der Waals surface area contributed by atoms with Crippen molar-refractivity contribution in [2.75, 3.05) is 20.1 Å². The van der Waals surface area contributed by atoms with Crippen molar-refractivity contribution in [2.45, 2.75) is 175 Å². The number of esters is 1. The quantitative estimate of drug-likeness (QED) is 0.0823. The number of hydrogen-bond donors (Lipinski definition) is 1. The normalized spacial score (nSPS) is 20.1. The van der Waals surface area contributed by atoms with Gasteiger partial charge in [-0.25, -0.2) is 4.79 Å². The van der Waals surface area contributed by atoms with E-state index in [2.05, 4.69) is 31.0 Å². The minimum absolute atomic E-state index is 0.00241. The third kappa shape index (κ3) is 13.0. The molecule has 0 aliphatic carbocycles. The third-order valence-corrected chi connectivity index (χ3v) is 11.3. The van der Waals surface area contributed by atoms with E-state index in [9.17, 15) is 19.2 Å². The van der Waals surface area contributed by atoms with Crippen LogP contribution in [0.15, 0.2) is 42.0 Å². The predicted molar refractivity (Wildman–Crippen MR) is 214 cm³/mol. The Bertz CT molecular complexity index is 1330. The van der Waals surface area contributed by atoms with Crippen molar-refractivity contribution in [2.24, 2.45) is 11.8 Å².